The number of thioether (sulfide) groups is 1. The van der Waals surface area contributed by atoms with Crippen LogP contribution < -0.4 is 10.2 Å². The molecule has 1 fully saturated rings. The Labute approximate surface area is 238 Å². The van der Waals surface area contributed by atoms with E-state index in [1.165, 1.54) is 39.8 Å². The van der Waals surface area contributed by atoms with Gasteiger partial charge in [-0.3, -0.25) is 9.69 Å². The number of aromatic nitrogens is 3. The third-order valence-corrected chi connectivity index (χ3v) is 7.29. The molecular formula is C29H25F3N6O2S. The number of halogens is 3. The van der Waals surface area contributed by atoms with Crippen LogP contribution in [-0.2, 0) is 17.5 Å². The van der Waals surface area contributed by atoms with Gasteiger partial charge in [0, 0.05) is 12.1 Å². The number of urea groups is 1. The summed E-state index contributed by atoms with van der Waals surface area (Å²) in [5.41, 5.74) is 2.95. The fourth-order valence-electron chi connectivity index (χ4n) is 4.26. The lowest BCUT2D eigenvalue weighted by atomic mass is 10.0. The van der Waals surface area contributed by atoms with Gasteiger partial charge in [-0.1, -0.05) is 68.1 Å². The molecule has 0 saturated carbocycles. The Bertz CT molecular complexity index is 1600. The lowest BCUT2D eigenvalue weighted by Crippen LogP contribution is -2.32. The highest BCUT2D eigenvalue weighted by molar-refractivity contribution is 8.15. The van der Waals surface area contributed by atoms with Gasteiger partial charge in [-0.2, -0.15) is 18.2 Å². The number of nitrogens with zero attached hydrogens (tertiary/aromatic N) is 5. The second-order valence-corrected chi connectivity index (χ2v) is 10.5. The first-order valence-corrected chi connectivity index (χ1v) is 13.7. The fraction of sp³-hybridized carbons (Fsp3) is 0.207. The van der Waals surface area contributed by atoms with Gasteiger partial charge in [-0.25, -0.2) is 14.5 Å². The van der Waals surface area contributed by atoms with Crippen molar-refractivity contribution in [2.75, 3.05) is 10.7 Å². The van der Waals surface area contributed by atoms with Crippen LogP contribution >= 0.6 is 11.8 Å². The summed E-state index contributed by atoms with van der Waals surface area (Å²) in [7, 11) is 0. The highest BCUT2D eigenvalue weighted by Gasteiger charge is 2.32. The molecule has 1 aromatic heterocycles. The number of carbonyl (C=O) groups excluding carboxylic acids is 2. The highest BCUT2D eigenvalue weighted by Crippen LogP contribution is 2.33. The second-order valence-electron chi connectivity index (χ2n) is 9.54. The van der Waals surface area contributed by atoms with Gasteiger partial charge in [-0.05, 0) is 47.4 Å². The van der Waals surface area contributed by atoms with Crippen LogP contribution in [0.2, 0.25) is 0 Å². The first-order chi connectivity index (χ1) is 19.6. The smallest absolute Gasteiger partial charge is 0.332 e. The minimum atomic E-state index is -4.41. The van der Waals surface area contributed by atoms with Gasteiger partial charge in [0.15, 0.2) is 11.0 Å². The maximum absolute atomic E-state index is 12.8. The number of amidine groups is 1. The number of rotatable bonds is 6. The summed E-state index contributed by atoms with van der Waals surface area (Å²) in [4.78, 5) is 35.2. The molecule has 0 unspecified atom stereocenters. The average molecular weight is 579 g/mol. The van der Waals surface area contributed by atoms with Gasteiger partial charge in [0.05, 0.1) is 22.7 Å². The van der Waals surface area contributed by atoms with E-state index in [2.05, 4.69) is 20.4 Å². The van der Waals surface area contributed by atoms with Crippen molar-refractivity contribution in [3.63, 3.8) is 0 Å². The zero-order valence-corrected chi connectivity index (χ0v) is 22.9. The van der Waals surface area contributed by atoms with Crippen molar-refractivity contribution >= 4 is 34.6 Å². The molecular weight excluding hydrogens is 553 g/mol. The SMILES string of the molecule is CC(C)c1ccccc1N1C(=O)CS/C1=N\C(=O)NCc1ccc(-c2ncn(-c3ccc(C(F)(F)F)cc3)n2)cc1. The summed E-state index contributed by atoms with van der Waals surface area (Å²) >= 11 is 1.23. The van der Waals surface area contributed by atoms with Crippen LogP contribution in [0.5, 0.6) is 0 Å². The quantitative estimate of drug-likeness (QED) is 0.285. The van der Waals surface area contributed by atoms with E-state index in [0.29, 0.717) is 22.2 Å². The molecule has 2 heterocycles. The molecule has 4 aromatic rings. The molecule has 5 rings (SSSR count). The number of benzene rings is 3. The Morgan fingerprint density at radius 2 is 1.76 bits per heavy atom. The zero-order chi connectivity index (χ0) is 29.1. The molecule has 1 aliphatic rings. The van der Waals surface area contributed by atoms with E-state index in [1.54, 1.807) is 24.3 Å². The van der Waals surface area contributed by atoms with E-state index in [9.17, 15) is 22.8 Å². The van der Waals surface area contributed by atoms with Crippen LogP contribution in [0.1, 0.15) is 36.5 Å². The lowest BCUT2D eigenvalue weighted by molar-refractivity contribution is -0.137. The summed E-state index contributed by atoms with van der Waals surface area (Å²) in [5.74, 6) is 0.676. The molecule has 12 heteroatoms. The van der Waals surface area contributed by atoms with E-state index < -0.39 is 17.8 Å². The van der Waals surface area contributed by atoms with Crippen molar-refractivity contribution < 1.29 is 22.8 Å². The Morgan fingerprint density at radius 1 is 1.05 bits per heavy atom. The maximum atomic E-state index is 12.8. The standard InChI is InChI=1S/C29H25F3N6O2S/c1-18(2)23-5-3-4-6-24(23)38-25(39)16-41-28(38)35-27(40)33-15-19-7-9-20(10-8-19)26-34-17-37(36-26)22-13-11-21(12-14-22)29(30,31)32/h3-14,17-18H,15-16H2,1-2H3,(H,33,40)/b35-28-. The summed E-state index contributed by atoms with van der Waals surface area (Å²) in [6.07, 6.45) is -2.98. The van der Waals surface area contributed by atoms with Gasteiger partial charge in [0.25, 0.3) is 0 Å². The first kappa shape index (κ1) is 28.1. The van der Waals surface area contributed by atoms with Gasteiger partial charge in [0.1, 0.15) is 6.33 Å². The Kier molecular flexibility index (Phi) is 7.93. The van der Waals surface area contributed by atoms with Crippen molar-refractivity contribution in [1.82, 2.24) is 20.1 Å². The van der Waals surface area contributed by atoms with Crippen molar-refractivity contribution in [3.8, 4) is 17.1 Å². The van der Waals surface area contributed by atoms with Crippen molar-refractivity contribution in [1.29, 1.82) is 0 Å². The van der Waals surface area contributed by atoms with Crippen LogP contribution in [0.15, 0.2) is 84.1 Å². The van der Waals surface area contributed by atoms with Crippen molar-refractivity contribution in [2.24, 2.45) is 4.99 Å². The molecule has 0 spiro atoms. The van der Waals surface area contributed by atoms with E-state index in [-0.39, 0.29) is 24.1 Å². The average Bonchev–Trinajstić information content (AvgIpc) is 3.59. The number of nitrogens with one attached hydrogen (secondary N) is 1. The highest BCUT2D eigenvalue weighted by atomic mass is 32.2. The van der Waals surface area contributed by atoms with E-state index in [1.807, 2.05) is 38.1 Å². The maximum Gasteiger partial charge on any atom is 0.416 e. The number of alkyl halides is 3. The molecule has 3 aromatic carbocycles. The zero-order valence-electron chi connectivity index (χ0n) is 22.1. The van der Waals surface area contributed by atoms with Crippen LogP contribution in [0.3, 0.4) is 0 Å². The number of aliphatic imine (C=N–C) groups is 1. The van der Waals surface area contributed by atoms with Gasteiger partial charge in [-0.15, -0.1) is 5.10 Å². The lowest BCUT2D eigenvalue weighted by Gasteiger charge is -2.21. The summed E-state index contributed by atoms with van der Waals surface area (Å²) in [6.45, 7) is 4.30. The molecule has 0 radical (unpaired) electrons. The number of anilines is 1. The minimum Gasteiger partial charge on any atom is -0.332 e. The predicted molar refractivity (Wildman–Crippen MR) is 152 cm³/mol. The summed E-state index contributed by atoms with van der Waals surface area (Å²) in [6, 6.07) is 18.9. The normalized spacial score (nSPS) is 14.7. The van der Waals surface area contributed by atoms with Crippen molar-refractivity contribution in [3.05, 3.63) is 95.8 Å². The molecule has 1 saturated heterocycles. The number of carbonyl (C=O) groups is 2. The second kappa shape index (κ2) is 11.6. The molecule has 1 N–H and O–H groups in total. The molecule has 8 nitrogen and oxygen atoms in total. The van der Waals surface area contributed by atoms with E-state index >= 15 is 0 Å². The summed E-state index contributed by atoms with van der Waals surface area (Å²) < 4.78 is 39.9. The van der Waals surface area contributed by atoms with Gasteiger partial charge < -0.3 is 5.32 Å². The first-order valence-electron chi connectivity index (χ1n) is 12.7. The van der Waals surface area contributed by atoms with Crippen LogP contribution in [-0.4, -0.2) is 37.6 Å². The Morgan fingerprint density at radius 3 is 2.44 bits per heavy atom. The number of hydrogen-bond acceptors (Lipinski definition) is 5. The third-order valence-electron chi connectivity index (χ3n) is 6.37. The minimum absolute atomic E-state index is 0.125. The molecule has 1 aliphatic heterocycles. The Balaban J connectivity index is 1.22. The molecule has 0 aliphatic carbocycles. The topological polar surface area (TPSA) is 92.5 Å². The monoisotopic (exact) mass is 578 g/mol. The van der Waals surface area contributed by atoms with Gasteiger partial charge in [0.2, 0.25) is 5.91 Å². The van der Waals surface area contributed by atoms with Crippen LogP contribution in [0.4, 0.5) is 23.7 Å². The van der Waals surface area contributed by atoms with Crippen molar-refractivity contribution in [2.45, 2.75) is 32.5 Å². The number of hydrogen-bond donors (Lipinski definition) is 1. The van der Waals surface area contributed by atoms with E-state index in [0.717, 1.165) is 28.9 Å². The molecule has 0 atom stereocenters. The number of para-hydroxylation sites is 1. The predicted octanol–water partition coefficient (Wildman–Crippen LogP) is 6.42. The number of amides is 3. The molecule has 3 amide bonds. The summed E-state index contributed by atoms with van der Waals surface area (Å²) in [5, 5.41) is 7.46. The largest absolute Gasteiger partial charge is 0.416 e. The van der Waals surface area contributed by atoms with Crippen LogP contribution in [0.25, 0.3) is 17.1 Å². The Hall–Kier alpha value is -4.45. The third kappa shape index (κ3) is 6.32. The van der Waals surface area contributed by atoms with E-state index in [4.69, 9.17) is 0 Å². The van der Waals surface area contributed by atoms with Gasteiger partial charge >= 0.3 is 12.2 Å². The molecule has 0 bridgehead atoms. The molecule has 210 valence electrons. The fourth-order valence-corrected chi connectivity index (χ4v) is 5.12. The molecule has 41 heavy (non-hydrogen) atoms. The van der Waals surface area contributed by atoms with Crippen LogP contribution in [0, 0.1) is 0 Å².